The molecule has 0 radical (unpaired) electrons. The lowest BCUT2D eigenvalue weighted by Gasteiger charge is -2.25. The van der Waals surface area contributed by atoms with Crippen molar-refractivity contribution in [2.75, 3.05) is 36.5 Å². The number of hydrogen-bond donors (Lipinski definition) is 1. The Balaban J connectivity index is 1.30. The summed E-state index contributed by atoms with van der Waals surface area (Å²) in [7, 11) is 0. The molecule has 1 aromatic carbocycles. The first-order valence-electron chi connectivity index (χ1n) is 9.70. The molecule has 0 aliphatic carbocycles. The predicted molar refractivity (Wildman–Crippen MR) is 113 cm³/mol. The van der Waals surface area contributed by atoms with Gasteiger partial charge < -0.3 is 15.0 Å². The third-order valence-electron chi connectivity index (χ3n) is 4.77. The van der Waals surface area contributed by atoms with Crippen molar-refractivity contribution in [3.8, 4) is 16.9 Å². The number of nitrogens with one attached hydrogen (secondary N) is 1. The SMILES string of the molecule is c1cncc(-c2ccnc(Nc3ccc(-n4cnc(N5CCOCC5)n4)cc3)n2)c1. The van der Waals surface area contributed by atoms with Gasteiger partial charge in [0.15, 0.2) is 0 Å². The molecule has 1 N–H and O–H groups in total. The number of nitrogens with zero attached hydrogens (tertiary/aromatic N) is 7. The van der Waals surface area contributed by atoms with Crippen LogP contribution >= 0.6 is 0 Å². The van der Waals surface area contributed by atoms with Crippen LogP contribution in [0.4, 0.5) is 17.6 Å². The van der Waals surface area contributed by atoms with E-state index in [1.54, 1.807) is 29.6 Å². The van der Waals surface area contributed by atoms with E-state index in [0.717, 1.165) is 41.7 Å². The van der Waals surface area contributed by atoms with Crippen LogP contribution in [0.1, 0.15) is 0 Å². The molecular weight excluding hydrogens is 380 g/mol. The van der Waals surface area contributed by atoms with Crippen LogP contribution in [-0.4, -0.2) is 56.0 Å². The van der Waals surface area contributed by atoms with Gasteiger partial charge >= 0.3 is 0 Å². The summed E-state index contributed by atoms with van der Waals surface area (Å²) in [6, 6.07) is 13.6. The van der Waals surface area contributed by atoms with Crippen molar-refractivity contribution in [1.82, 2.24) is 29.7 Å². The van der Waals surface area contributed by atoms with E-state index < -0.39 is 0 Å². The summed E-state index contributed by atoms with van der Waals surface area (Å²) in [6.07, 6.45) is 6.98. The summed E-state index contributed by atoms with van der Waals surface area (Å²) in [5, 5.41) is 7.83. The van der Waals surface area contributed by atoms with Crippen LogP contribution in [0.15, 0.2) is 67.4 Å². The number of rotatable bonds is 5. The van der Waals surface area contributed by atoms with E-state index in [-0.39, 0.29) is 0 Å². The summed E-state index contributed by atoms with van der Waals surface area (Å²) < 4.78 is 7.15. The number of morpholine rings is 1. The maximum absolute atomic E-state index is 5.38. The molecule has 30 heavy (non-hydrogen) atoms. The van der Waals surface area contributed by atoms with Crippen molar-refractivity contribution >= 4 is 17.6 Å². The van der Waals surface area contributed by atoms with Crippen LogP contribution in [0.3, 0.4) is 0 Å². The van der Waals surface area contributed by atoms with Crippen LogP contribution in [0.25, 0.3) is 16.9 Å². The standard InChI is InChI=1S/C21H20N8O/c1-2-16(14-22-8-1)19-7-9-23-20(26-19)25-17-3-5-18(6-4-17)29-15-24-21(27-29)28-10-12-30-13-11-28/h1-9,14-15H,10-13H2,(H,23,25,26). The number of benzene rings is 1. The van der Waals surface area contributed by atoms with E-state index in [1.807, 2.05) is 42.5 Å². The number of hydrogen-bond acceptors (Lipinski definition) is 8. The first-order valence-corrected chi connectivity index (χ1v) is 9.70. The molecule has 0 atom stereocenters. The van der Waals surface area contributed by atoms with E-state index in [2.05, 4.69) is 35.3 Å². The third kappa shape index (κ3) is 3.96. The van der Waals surface area contributed by atoms with Crippen LogP contribution in [0.5, 0.6) is 0 Å². The Morgan fingerprint density at radius 1 is 0.933 bits per heavy atom. The van der Waals surface area contributed by atoms with E-state index in [0.29, 0.717) is 19.2 Å². The highest BCUT2D eigenvalue weighted by molar-refractivity contribution is 5.61. The number of aromatic nitrogens is 6. The molecule has 9 nitrogen and oxygen atoms in total. The Morgan fingerprint density at radius 3 is 2.60 bits per heavy atom. The van der Waals surface area contributed by atoms with Gasteiger partial charge in [-0.25, -0.2) is 14.6 Å². The fraction of sp³-hybridized carbons (Fsp3) is 0.190. The number of ether oxygens (including phenoxy) is 1. The molecule has 4 heterocycles. The van der Waals surface area contributed by atoms with Gasteiger partial charge in [-0.05, 0) is 42.5 Å². The van der Waals surface area contributed by atoms with Gasteiger partial charge in [-0.1, -0.05) is 0 Å². The minimum Gasteiger partial charge on any atom is -0.378 e. The van der Waals surface area contributed by atoms with Crippen molar-refractivity contribution in [3.05, 3.63) is 67.4 Å². The summed E-state index contributed by atoms with van der Waals surface area (Å²) in [4.78, 5) is 19.6. The first kappa shape index (κ1) is 18.2. The van der Waals surface area contributed by atoms with Gasteiger partial charge in [0.25, 0.3) is 0 Å². The molecule has 0 saturated carbocycles. The molecule has 0 unspecified atom stereocenters. The second kappa shape index (κ2) is 8.26. The van der Waals surface area contributed by atoms with Gasteiger partial charge in [-0.15, -0.1) is 5.10 Å². The van der Waals surface area contributed by atoms with Crippen molar-refractivity contribution in [3.63, 3.8) is 0 Å². The first-order chi connectivity index (χ1) is 14.8. The van der Waals surface area contributed by atoms with Crippen LogP contribution in [-0.2, 0) is 4.74 Å². The Labute approximate surface area is 173 Å². The Bertz CT molecular complexity index is 1110. The molecule has 0 spiro atoms. The predicted octanol–water partition coefficient (Wildman–Crippen LogP) is 2.70. The molecular formula is C21H20N8O. The second-order valence-corrected chi connectivity index (χ2v) is 6.77. The highest BCUT2D eigenvalue weighted by Crippen LogP contribution is 2.20. The summed E-state index contributed by atoms with van der Waals surface area (Å²) >= 11 is 0. The molecule has 5 rings (SSSR count). The van der Waals surface area contributed by atoms with Gasteiger partial charge in [-0.3, -0.25) is 4.98 Å². The summed E-state index contributed by atoms with van der Waals surface area (Å²) in [6.45, 7) is 3.04. The van der Waals surface area contributed by atoms with E-state index in [1.165, 1.54) is 0 Å². The zero-order chi connectivity index (χ0) is 20.2. The van der Waals surface area contributed by atoms with Gasteiger partial charge in [0, 0.05) is 42.9 Å². The molecule has 9 heteroatoms. The quantitative estimate of drug-likeness (QED) is 0.547. The number of pyridine rings is 1. The lowest BCUT2D eigenvalue weighted by molar-refractivity contribution is 0.122. The lowest BCUT2D eigenvalue weighted by atomic mass is 10.2. The zero-order valence-corrected chi connectivity index (χ0v) is 16.2. The second-order valence-electron chi connectivity index (χ2n) is 6.77. The van der Waals surface area contributed by atoms with Crippen molar-refractivity contribution in [2.24, 2.45) is 0 Å². The highest BCUT2D eigenvalue weighted by atomic mass is 16.5. The monoisotopic (exact) mass is 400 g/mol. The molecule has 1 fully saturated rings. The Kier molecular flexibility index (Phi) is 5.01. The smallest absolute Gasteiger partial charge is 0.245 e. The maximum Gasteiger partial charge on any atom is 0.245 e. The van der Waals surface area contributed by atoms with E-state index >= 15 is 0 Å². The van der Waals surface area contributed by atoms with Crippen molar-refractivity contribution in [2.45, 2.75) is 0 Å². The van der Waals surface area contributed by atoms with E-state index in [4.69, 9.17) is 4.74 Å². The Morgan fingerprint density at radius 2 is 1.80 bits per heavy atom. The fourth-order valence-electron chi connectivity index (χ4n) is 3.21. The molecule has 1 aliphatic heterocycles. The number of anilines is 3. The summed E-state index contributed by atoms with van der Waals surface area (Å²) in [5.41, 5.74) is 3.57. The minimum absolute atomic E-state index is 0.527. The maximum atomic E-state index is 5.38. The van der Waals surface area contributed by atoms with Crippen LogP contribution in [0, 0.1) is 0 Å². The average molecular weight is 400 g/mol. The zero-order valence-electron chi connectivity index (χ0n) is 16.2. The van der Waals surface area contributed by atoms with Gasteiger partial charge in [0.05, 0.1) is 24.6 Å². The largest absolute Gasteiger partial charge is 0.378 e. The van der Waals surface area contributed by atoms with Crippen LogP contribution in [0.2, 0.25) is 0 Å². The molecule has 150 valence electrons. The Hall–Kier alpha value is -3.85. The molecule has 1 aliphatic rings. The molecule has 3 aromatic heterocycles. The third-order valence-corrected chi connectivity index (χ3v) is 4.77. The summed E-state index contributed by atoms with van der Waals surface area (Å²) in [5.74, 6) is 1.25. The minimum atomic E-state index is 0.527. The van der Waals surface area contributed by atoms with Crippen LogP contribution < -0.4 is 10.2 Å². The molecule has 4 aromatic rings. The average Bonchev–Trinajstić information content (AvgIpc) is 3.31. The normalized spacial score (nSPS) is 13.9. The van der Waals surface area contributed by atoms with Gasteiger partial charge in [0.2, 0.25) is 11.9 Å². The highest BCUT2D eigenvalue weighted by Gasteiger charge is 2.15. The van der Waals surface area contributed by atoms with E-state index in [9.17, 15) is 0 Å². The molecule has 0 bridgehead atoms. The molecule has 0 amide bonds. The molecule has 1 saturated heterocycles. The lowest BCUT2D eigenvalue weighted by Crippen LogP contribution is -2.37. The van der Waals surface area contributed by atoms with Gasteiger partial charge in [-0.2, -0.15) is 4.98 Å². The van der Waals surface area contributed by atoms with Crippen molar-refractivity contribution < 1.29 is 4.74 Å². The topological polar surface area (TPSA) is 93.9 Å². The fourth-order valence-corrected chi connectivity index (χ4v) is 3.21. The van der Waals surface area contributed by atoms with Crippen molar-refractivity contribution in [1.29, 1.82) is 0 Å². The van der Waals surface area contributed by atoms with Gasteiger partial charge in [0.1, 0.15) is 6.33 Å².